The van der Waals surface area contributed by atoms with Crippen LogP contribution < -0.4 is 5.32 Å². The van der Waals surface area contributed by atoms with Crippen LogP contribution in [0.5, 0.6) is 0 Å². The van der Waals surface area contributed by atoms with E-state index in [9.17, 15) is 15.0 Å². The molecule has 0 saturated heterocycles. The van der Waals surface area contributed by atoms with Crippen molar-refractivity contribution in [3.05, 3.63) is 24.2 Å². The molecule has 0 radical (unpaired) electrons. The number of amides is 1. The molecule has 5 heteroatoms. The Balaban J connectivity index is 1.89. The van der Waals surface area contributed by atoms with Crippen molar-refractivity contribution in [1.82, 2.24) is 5.32 Å². The van der Waals surface area contributed by atoms with Crippen molar-refractivity contribution < 1.29 is 19.4 Å². The average Bonchev–Trinajstić information content (AvgIpc) is 2.90. The number of carbonyl (C=O) groups excluding carboxylic acids is 1. The van der Waals surface area contributed by atoms with Crippen molar-refractivity contribution in [2.24, 2.45) is 0 Å². The van der Waals surface area contributed by atoms with Crippen molar-refractivity contribution in [3.63, 3.8) is 0 Å². The van der Waals surface area contributed by atoms with Crippen molar-refractivity contribution in [3.8, 4) is 0 Å². The van der Waals surface area contributed by atoms with Crippen LogP contribution in [0.3, 0.4) is 0 Å². The molecular formula is C14H21NO4. The quantitative estimate of drug-likeness (QED) is 0.755. The Morgan fingerprint density at radius 1 is 1.42 bits per heavy atom. The van der Waals surface area contributed by atoms with Crippen LogP contribution in [0.1, 0.15) is 50.3 Å². The first-order chi connectivity index (χ1) is 9.13. The molecule has 1 saturated carbocycles. The number of nitrogens with one attached hydrogen (secondary N) is 1. The molecule has 1 aromatic rings. The first-order valence-electron chi connectivity index (χ1n) is 6.79. The summed E-state index contributed by atoms with van der Waals surface area (Å²) >= 11 is 0. The first-order valence-corrected chi connectivity index (χ1v) is 6.79. The number of hydrogen-bond acceptors (Lipinski definition) is 4. The minimum absolute atomic E-state index is 0.0875. The van der Waals surface area contributed by atoms with Crippen LogP contribution in [-0.2, 0) is 4.79 Å². The van der Waals surface area contributed by atoms with Crippen LogP contribution >= 0.6 is 0 Å². The van der Waals surface area contributed by atoms with Gasteiger partial charge in [-0.2, -0.15) is 0 Å². The van der Waals surface area contributed by atoms with Gasteiger partial charge in [0.15, 0.2) is 0 Å². The fraction of sp³-hybridized carbons (Fsp3) is 0.643. The van der Waals surface area contributed by atoms with Crippen molar-refractivity contribution in [2.75, 3.05) is 6.61 Å². The van der Waals surface area contributed by atoms with Gasteiger partial charge in [-0.1, -0.05) is 19.3 Å². The third kappa shape index (κ3) is 3.81. The van der Waals surface area contributed by atoms with Crippen molar-refractivity contribution in [2.45, 2.75) is 50.2 Å². The van der Waals surface area contributed by atoms with Crippen molar-refractivity contribution >= 4 is 5.91 Å². The molecule has 5 nitrogen and oxygen atoms in total. The van der Waals surface area contributed by atoms with Gasteiger partial charge in [0, 0.05) is 0 Å². The van der Waals surface area contributed by atoms with Gasteiger partial charge in [-0.3, -0.25) is 4.79 Å². The van der Waals surface area contributed by atoms with Crippen LogP contribution in [0.15, 0.2) is 22.8 Å². The Bertz CT molecular complexity index is 396. The molecule has 0 aliphatic heterocycles. The number of carbonyl (C=O) groups is 1. The van der Waals surface area contributed by atoms with Gasteiger partial charge in [0.25, 0.3) is 0 Å². The molecule has 1 unspecified atom stereocenters. The van der Waals surface area contributed by atoms with E-state index in [4.69, 9.17) is 4.42 Å². The predicted molar refractivity (Wildman–Crippen MR) is 69.3 cm³/mol. The Morgan fingerprint density at radius 3 is 2.74 bits per heavy atom. The number of aliphatic hydroxyl groups excluding tert-OH is 1. The van der Waals surface area contributed by atoms with E-state index in [0.717, 1.165) is 19.3 Å². The Kier molecular flexibility index (Phi) is 4.61. The molecule has 2 rings (SSSR count). The zero-order valence-corrected chi connectivity index (χ0v) is 11.0. The fourth-order valence-electron chi connectivity index (χ4n) is 2.63. The van der Waals surface area contributed by atoms with E-state index >= 15 is 0 Å². The third-order valence-electron chi connectivity index (χ3n) is 3.68. The molecule has 1 amide bonds. The summed E-state index contributed by atoms with van der Waals surface area (Å²) in [7, 11) is 0. The lowest BCUT2D eigenvalue weighted by Crippen LogP contribution is -2.40. The van der Waals surface area contributed by atoms with E-state index in [0.29, 0.717) is 18.6 Å². The highest BCUT2D eigenvalue weighted by Crippen LogP contribution is 2.30. The molecule has 3 N–H and O–H groups in total. The number of rotatable bonds is 5. The zero-order chi connectivity index (χ0) is 13.7. The van der Waals surface area contributed by atoms with E-state index in [1.165, 1.54) is 6.26 Å². The van der Waals surface area contributed by atoms with Gasteiger partial charge in [-0.25, -0.2) is 0 Å². The monoisotopic (exact) mass is 267 g/mol. The summed E-state index contributed by atoms with van der Waals surface area (Å²) in [6.07, 6.45) is 5.98. The largest absolute Gasteiger partial charge is 0.467 e. The summed E-state index contributed by atoms with van der Waals surface area (Å²) < 4.78 is 5.17. The van der Waals surface area contributed by atoms with Crippen LogP contribution in [0, 0.1) is 0 Å². The molecule has 1 aliphatic carbocycles. The summed E-state index contributed by atoms with van der Waals surface area (Å²) in [5, 5.41) is 22.3. The molecular weight excluding hydrogens is 246 g/mol. The van der Waals surface area contributed by atoms with Gasteiger partial charge in [0.05, 0.1) is 24.9 Å². The summed E-state index contributed by atoms with van der Waals surface area (Å²) in [6.45, 7) is -0.225. The molecule has 0 bridgehead atoms. The third-order valence-corrected chi connectivity index (χ3v) is 3.68. The van der Waals surface area contributed by atoms with E-state index < -0.39 is 11.6 Å². The highest BCUT2D eigenvalue weighted by Gasteiger charge is 2.32. The highest BCUT2D eigenvalue weighted by atomic mass is 16.3. The van der Waals surface area contributed by atoms with Gasteiger partial charge >= 0.3 is 0 Å². The van der Waals surface area contributed by atoms with Crippen LogP contribution in [0.2, 0.25) is 0 Å². The number of aliphatic hydroxyl groups is 2. The highest BCUT2D eigenvalue weighted by molar-refractivity contribution is 5.77. The Hall–Kier alpha value is -1.33. The van der Waals surface area contributed by atoms with Crippen LogP contribution in [-0.4, -0.2) is 28.3 Å². The minimum atomic E-state index is -0.883. The number of furan rings is 1. The van der Waals surface area contributed by atoms with Gasteiger partial charge in [-0.15, -0.1) is 0 Å². The lowest BCUT2D eigenvalue weighted by atomic mass is 9.82. The first kappa shape index (κ1) is 14.1. The number of hydrogen-bond donors (Lipinski definition) is 3. The maximum Gasteiger partial charge on any atom is 0.223 e. The van der Waals surface area contributed by atoms with Gasteiger partial charge in [0.2, 0.25) is 5.91 Å². The van der Waals surface area contributed by atoms with Gasteiger partial charge in [-0.05, 0) is 25.0 Å². The summed E-state index contributed by atoms with van der Waals surface area (Å²) in [5.74, 6) is 0.270. The second-order valence-corrected chi connectivity index (χ2v) is 5.28. The molecule has 0 aromatic carbocycles. The molecule has 1 heterocycles. The van der Waals surface area contributed by atoms with E-state index in [1.807, 2.05) is 0 Å². The lowest BCUT2D eigenvalue weighted by molar-refractivity contribution is -0.128. The van der Waals surface area contributed by atoms with E-state index in [-0.39, 0.29) is 18.9 Å². The van der Waals surface area contributed by atoms with Crippen LogP contribution in [0.25, 0.3) is 0 Å². The molecule has 1 aromatic heterocycles. The second-order valence-electron chi connectivity index (χ2n) is 5.28. The lowest BCUT2D eigenvalue weighted by Gasteiger charge is -2.31. The minimum Gasteiger partial charge on any atom is -0.467 e. The molecule has 1 aliphatic rings. The molecule has 106 valence electrons. The average molecular weight is 267 g/mol. The van der Waals surface area contributed by atoms with Crippen LogP contribution in [0.4, 0.5) is 0 Å². The standard InChI is InChI=1S/C14H21NO4/c16-10-11(12-5-4-8-19-12)15-13(17)9-14(18)6-2-1-3-7-14/h4-5,8,11,16,18H,1-3,6-7,9-10H2,(H,15,17). The van der Waals surface area contributed by atoms with Gasteiger partial charge in [0.1, 0.15) is 11.8 Å². The normalized spacial score (nSPS) is 19.9. The Labute approximate surface area is 112 Å². The SMILES string of the molecule is O=C(CC1(O)CCCCC1)NC(CO)c1ccco1. The topological polar surface area (TPSA) is 82.7 Å². The van der Waals surface area contributed by atoms with Crippen molar-refractivity contribution in [1.29, 1.82) is 0 Å². The summed E-state index contributed by atoms with van der Waals surface area (Å²) in [6, 6.07) is 2.87. The Morgan fingerprint density at radius 2 is 2.16 bits per heavy atom. The van der Waals surface area contributed by atoms with E-state index in [2.05, 4.69) is 5.32 Å². The zero-order valence-electron chi connectivity index (χ0n) is 11.0. The summed E-state index contributed by atoms with van der Waals surface area (Å²) in [4.78, 5) is 12.0. The maximum absolute atomic E-state index is 12.0. The summed E-state index contributed by atoms with van der Waals surface area (Å²) in [5.41, 5.74) is -0.883. The maximum atomic E-state index is 12.0. The molecule has 19 heavy (non-hydrogen) atoms. The van der Waals surface area contributed by atoms with Gasteiger partial charge < -0.3 is 19.9 Å². The van der Waals surface area contributed by atoms with E-state index in [1.54, 1.807) is 12.1 Å². The second kappa shape index (κ2) is 6.21. The predicted octanol–water partition coefficient (Wildman–Crippen LogP) is 1.51. The molecule has 0 spiro atoms. The smallest absolute Gasteiger partial charge is 0.223 e. The molecule has 1 fully saturated rings. The fourth-order valence-corrected chi connectivity index (χ4v) is 2.63. The molecule has 1 atom stereocenters.